The Morgan fingerprint density at radius 1 is 1.18 bits per heavy atom. The molecule has 0 spiro atoms. The molecule has 0 saturated heterocycles. The van der Waals surface area contributed by atoms with E-state index in [0.29, 0.717) is 6.54 Å². The van der Waals surface area contributed by atoms with Crippen LogP contribution in [0.25, 0.3) is 0 Å². The van der Waals surface area contributed by atoms with Crippen LogP contribution in [0, 0.1) is 0 Å². The summed E-state index contributed by atoms with van der Waals surface area (Å²) in [5.74, 6) is -0.820. The van der Waals surface area contributed by atoms with Gasteiger partial charge in [-0.15, -0.1) is 0 Å². The molecule has 1 aromatic carbocycles. The van der Waals surface area contributed by atoms with Gasteiger partial charge in [0.25, 0.3) is 5.91 Å². The van der Waals surface area contributed by atoms with Gasteiger partial charge in [-0.1, -0.05) is 13.3 Å². The van der Waals surface area contributed by atoms with Crippen molar-refractivity contribution >= 4 is 11.8 Å². The number of benzene rings is 1. The molecule has 1 aromatic rings. The zero-order valence-corrected chi connectivity index (χ0v) is 12.5. The average Bonchev–Trinajstić information content (AvgIpc) is 2.49. The van der Waals surface area contributed by atoms with Gasteiger partial charge >= 0.3 is 6.18 Å². The maximum absolute atomic E-state index is 12.4. The van der Waals surface area contributed by atoms with Gasteiger partial charge in [-0.3, -0.25) is 9.59 Å². The monoisotopic (exact) mass is 316 g/mol. The van der Waals surface area contributed by atoms with Gasteiger partial charge in [0, 0.05) is 19.2 Å². The molecule has 0 aliphatic carbocycles. The summed E-state index contributed by atoms with van der Waals surface area (Å²) in [6, 6.07) is 3.85. The summed E-state index contributed by atoms with van der Waals surface area (Å²) in [5, 5.41) is 2.40. The van der Waals surface area contributed by atoms with Crippen molar-refractivity contribution in [1.29, 1.82) is 0 Å². The minimum absolute atomic E-state index is 0.0806. The molecular formula is C15H19F3N2O2. The van der Waals surface area contributed by atoms with E-state index in [2.05, 4.69) is 5.32 Å². The molecule has 0 fully saturated rings. The summed E-state index contributed by atoms with van der Waals surface area (Å²) < 4.78 is 37.2. The van der Waals surface area contributed by atoms with Crippen LogP contribution in [-0.2, 0) is 11.0 Å². The predicted octanol–water partition coefficient (Wildman–Crippen LogP) is 2.69. The molecule has 0 radical (unpaired) electrons. The first-order chi connectivity index (χ1) is 10.3. The second-order valence-electron chi connectivity index (χ2n) is 4.93. The van der Waals surface area contributed by atoms with Gasteiger partial charge in [0.05, 0.1) is 12.1 Å². The molecule has 0 heterocycles. The topological polar surface area (TPSA) is 49.4 Å². The number of hydrogen-bond acceptors (Lipinski definition) is 2. The number of unbranched alkanes of at least 4 members (excludes halogenated alkanes) is 1. The molecule has 0 aliphatic rings. The highest BCUT2D eigenvalue weighted by atomic mass is 19.4. The number of likely N-dealkylation sites (N-methyl/N-ethyl adjacent to an activating group) is 1. The fraction of sp³-hybridized carbons (Fsp3) is 0.467. The Balaban J connectivity index is 2.54. The Labute approximate surface area is 127 Å². The Morgan fingerprint density at radius 2 is 1.77 bits per heavy atom. The highest BCUT2D eigenvalue weighted by molar-refractivity contribution is 5.96. The first-order valence-corrected chi connectivity index (χ1v) is 6.95. The van der Waals surface area contributed by atoms with E-state index >= 15 is 0 Å². The van der Waals surface area contributed by atoms with Crippen LogP contribution in [0.3, 0.4) is 0 Å². The molecule has 0 aromatic heterocycles. The third kappa shape index (κ3) is 5.38. The van der Waals surface area contributed by atoms with Gasteiger partial charge in [0.2, 0.25) is 5.91 Å². The quantitative estimate of drug-likeness (QED) is 0.877. The van der Waals surface area contributed by atoms with Crippen LogP contribution >= 0.6 is 0 Å². The highest BCUT2D eigenvalue weighted by Gasteiger charge is 2.30. The van der Waals surface area contributed by atoms with Crippen molar-refractivity contribution in [3.05, 3.63) is 35.4 Å². The van der Waals surface area contributed by atoms with Crippen molar-refractivity contribution in [2.24, 2.45) is 0 Å². The Bertz CT molecular complexity index is 513. The maximum atomic E-state index is 12.4. The normalized spacial score (nSPS) is 11.1. The average molecular weight is 316 g/mol. The lowest BCUT2D eigenvalue weighted by Gasteiger charge is -2.17. The Morgan fingerprint density at radius 3 is 2.27 bits per heavy atom. The summed E-state index contributed by atoms with van der Waals surface area (Å²) in [6.07, 6.45) is -2.61. The molecule has 0 atom stereocenters. The second kappa shape index (κ2) is 7.82. The minimum Gasteiger partial charge on any atom is -0.344 e. The van der Waals surface area contributed by atoms with Crippen molar-refractivity contribution in [2.75, 3.05) is 20.1 Å². The molecule has 22 heavy (non-hydrogen) atoms. The van der Waals surface area contributed by atoms with Gasteiger partial charge in [0.1, 0.15) is 0 Å². The maximum Gasteiger partial charge on any atom is 0.416 e. The fourth-order valence-electron chi connectivity index (χ4n) is 1.72. The summed E-state index contributed by atoms with van der Waals surface area (Å²) in [5.41, 5.74) is -0.739. The molecule has 4 nitrogen and oxygen atoms in total. The third-order valence-corrected chi connectivity index (χ3v) is 3.15. The zero-order valence-electron chi connectivity index (χ0n) is 12.5. The minimum atomic E-state index is -4.44. The van der Waals surface area contributed by atoms with Crippen molar-refractivity contribution in [1.82, 2.24) is 10.2 Å². The van der Waals surface area contributed by atoms with E-state index in [1.165, 1.54) is 4.90 Å². The molecule has 2 amide bonds. The van der Waals surface area contributed by atoms with Crippen molar-refractivity contribution in [3.8, 4) is 0 Å². The number of hydrogen-bond donors (Lipinski definition) is 1. The lowest BCUT2D eigenvalue weighted by molar-refractivity contribution is -0.137. The Kier molecular flexibility index (Phi) is 6.39. The number of rotatable bonds is 6. The van der Waals surface area contributed by atoms with Crippen molar-refractivity contribution < 1.29 is 22.8 Å². The second-order valence-corrected chi connectivity index (χ2v) is 4.93. The molecule has 7 heteroatoms. The van der Waals surface area contributed by atoms with E-state index in [1.54, 1.807) is 7.05 Å². The van der Waals surface area contributed by atoms with E-state index in [1.807, 2.05) is 6.92 Å². The van der Waals surface area contributed by atoms with Crippen LogP contribution in [0.1, 0.15) is 35.7 Å². The lowest BCUT2D eigenvalue weighted by Crippen LogP contribution is -2.38. The van der Waals surface area contributed by atoms with Gasteiger partial charge in [-0.05, 0) is 30.7 Å². The van der Waals surface area contributed by atoms with E-state index in [9.17, 15) is 22.8 Å². The number of nitrogens with zero attached hydrogens (tertiary/aromatic N) is 1. The molecule has 0 saturated carbocycles. The number of halogens is 3. The molecule has 122 valence electrons. The van der Waals surface area contributed by atoms with Crippen LogP contribution < -0.4 is 5.32 Å². The molecule has 1 N–H and O–H groups in total. The van der Waals surface area contributed by atoms with E-state index in [0.717, 1.165) is 37.1 Å². The SMILES string of the molecule is CCCCN(C)C(=O)CNC(=O)c1ccc(C(F)(F)F)cc1. The van der Waals surface area contributed by atoms with E-state index in [-0.39, 0.29) is 18.0 Å². The largest absolute Gasteiger partial charge is 0.416 e. The molecule has 0 unspecified atom stereocenters. The zero-order chi connectivity index (χ0) is 16.8. The fourth-order valence-corrected chi connectivity index (χ4v) is 1.72. The summed E-state index contributed by atoms with van der Waals surface area (Å²) >= 11 is 0. The smallest absolute Gasteiger partial charge is 0.344 e. The number of alkyl halides is 3. The standard InChI is InChI=1S/C15H19F3N2O2/c1-3-4-9-20(2)13(21)10-19-14(22)11-5-7-12(8-6-11)15(16,17)18/h5-8H,3-4,9-10H2,1-2H3,(H,19,22). The van der Waals surface area contributed by atoms with Crippen LogP contribution in [0.4, 0.5) is 13.2 Å². The van der Waals surface area contributed by atoms with Crippen molar-refractivity contribution in [3.63, 3.8) is 0 Å². The van der Waals surface area contributed by atoms with Gasteiger partial charge < -0.3 is 10.2 Å². The molecule has 1 rings (SSSR count). The van der Waals surface area contributed by atoms with E-state index in [4.69, 9.17) is 0 Å². The van der Waals surface area contributed by atoms with Crippen LogP contribution in [0.5, 0.6) is 0 Å². The first kappa shape index (κ1) is 18.0. The first-order valence-electron chi connectivity index (χ1n) is 6.95. The van der Waals surface area contributed by atoms with E-state index < -0.39 is 17.6 Å². The summed E-state index contributed by atoms with van der Waals surface area (Å²) in [4.78, 5) is 25.0. The van der Waals surface area contributed by atoms with Crippen LogP contribution in [-0.4, -0.2) is 36.9 Å². The predicted molar refractivity (Wildman–Crippen MR) is 76.3 cm³/mol. The highest BCUT2D eigenvalue weighted by Crippen LogP contribution is 2.28. The number of amides is 2. The number of carbonyl (C=O) groups is 2. The summed E-state index contributed by atoms with van der Waals surface area (Å²) in [6.45, 7) is 2.43. The lowest BCUT2D eigenvalue weighted by atomic mass is 10.1. The number of nitrogens with one attached hydrogen (secondary N) is 1. The third-order valence-electron chi connectivity index (χ3n) is 3.15. The van der Waals surface area contributed by atoms with Gasteiger partial charge in [-0.25, -0.2) is 0 Å². The Hall–Kier alpha value is -2.05. The molecular weight excluding hydrogens is 297 g/mol. The van der Waals surface area contributed by atoms with Gasteiger partial charge in [0.15, 0.2) is 0 Å². The molecule has 0 bridgehead atoms. The van der Waals surface area contributed by atoms with Crippen molar-refractivity contribution in [2.45, 2.75) is 25.9 Å². The van der Waals surface area contributed by atoms with Crippen LogP contribution in [0.15, 0.2) is 24.3 Å². The summed E-state index contributed by atoms with van der Waals surface area (Å²) in [7, 11) is 1.64. The van der Waals surface area contributed by atoms with Crippen LogP contribution in [0.2, 0.25) is 0 Å². The number of carbonyl (C=O) groups excluding carboxylic acids is 2. The van der Waals surface area contributed by atoms with Gasteiger partial charge in [-0.2, -0.15) is 13.2 Å². The molecule has 0 aliphatic heterocycles.